The van der Waals surface area contributed by atoms with Crippen LogP contribution in [0, 0.1) is 6.92 Å². The highest BCUT2D eigenvalue weighted by Crippen LogP contribution is 2.21. The molecule has 0 unspecified atom stereocenters. The Kier molecular flexibility index (Phi) is 2.09. The van der Waals surface area contributed by atoms with Gasteiger partial charge in [-0.15, -0.1) is 0 Å². The van der Waals surface area contributed by atoms with Gasteiger partial charge in [-0.1, -0.05) is 34.7 Å². The number of hydrogen-bond acceptors (Lipinski definition) is 0. The number of aryl methyl sites for hydroxylation is 1. The molecule has 0 atom stereocenters. The number of aromatic nitrogens is 1. The van der Waals surface area contributed by atoms with Crippen LogP contribution >= 0.6 is 22.6 Å². The summed E-state index contributed by atoms with van der Waals surface area (Å²) in [4.78, 5) is 3.28. The van der Waals surface area contributed by atoms with Crippen LogP contribution in [-0.4, -0.2) is 4.98 Å². The first kappa shape index (κ1) is 8.10. The Hall–Kier alpha value is -0.510. The van der Waals surface area contributed by atoms with Gasteiger partial charge in [-0.2, -0.15) is 0 Å². The Morgan fingerprint density at radius 2 is 2.25 bits per heavy atom. The average molecular weight is 271 g/mol. The van der Waals surface area contributed by atoms with Crippen LogP contribution in [-0.2, 0) is 4.43 Å². The van der Waals surface area contributed by atoms with Crippen LogP contribution in [0.5, 0.6) is 0 Å². The molecule has 0 bridgehead atoms. The second kappa shape index (κ2) is 3.09. The molecule has 0 spiro atoms. The van der Waals surface area contributed by atoms with Gasteiger partial charge in [0, 0.05) is 21.5 Å². The van der Waals surface area contributed by atoms with E-state index in [1.54, 1.807) is 0 Å². The fourth-order valence-electron chi connectivity index (χ4n) is 1.41. The van der Waals surface area contributed by atoms with E-state index in [1.165, 1.54) is 22.0 Å². The number of halogens is 1. The van der Waals surface area contributed by atoms with E-state index in [2.05, 4.69) is 58.9 Å². The van der Waals surface area contributed by atoms with Gasteiger partial charge in [-0.25, -0.2) is 0 Å². The maximum Gasteiger partial charge on any atom is 0.0459 e. The minimum atomic E-state index is 1.07. The molecule has 1 aromatic carbocycles. The predicted molar refractivity (Wildman–Crippen MR) is 60.8 cm³/mol. The van der Waals surface area contributed by atoms with Crippen molar-refractivity contribution in [2.45, 2.75) is 11.4 Å². The fraction of sp³-hybridized carbons (Fsp3) is 0.200. The van der Waals surface area contributed by atoms with Crippen LogP contribution in [0.4, 0.5) is 0 Å². The molecule has 0 aliphatic heterocycles. The molecule has 1 aromatic heterocycles. The number of benzene rings is 1. The first-order valence-electron chi connectivity index (χ1n) is 3.94. The molecule has 2 rings (SSSR count). The van der Waals surface area contributed by atoms with Crippen LogP contribution in [0.3, 0.4) is 0 Å². The van der Waals surface area contributed by atoms with Gasteiger partial charge in [-0.05, 0) is 24.1 Å². The lowest BCUT2D eigenvalue weighted by Crippen LogP contribution is -1.74. The maximum absolute atomic E-state index is 3.28. The molecular formula is C10H10IN. The molecule has 0 fully saturated rings. The lowest BCUT2D eigenvalue weighted by Gasteiger charge is -1.94. The Labute approximate surface area is 85.3 Å². The van der Waals surface area contributed by atoms with E-state index in [-0.39, 0.29) is 0 Å². The number of H-pyrrole nitrogens is 1. The van der Waals surface area contributed by atoms with Crippen molar-refractivity contribution in [1.82, 2.24) is 4.98 Å². The second-order valence-electron chi connectivity index (χ2n) is 3.00. The summed E-state index contributed by atoms with van der Waals surface area (Å²) in [5.41, 5.74) is 3.96. The first-order chi connectivity index (χ1) is 5.81. The van der Waals surface area contributed by atoms with Crippen LogP contribution < -0.4 is 0 Å². The number of alkyl halides is 1. The molecule has 2 heteroatoms. The Morgan fingerprint density at radius 1 is 1.42 bits per heavy atom. The third-order valence-electron chi connectivity index (χ3n) is 2.07. The van der Waals surface area contributed by atoms with E-state index >= 15 is 0 Å². The van der Waals surface area contributed by atoms with Crippen LogP contribution in [0.25, 0.3) is 10.9 Å². The summed E-state index contributed by atoms with van der Waals surface area (Å²) in [6.45, 7) is 2.12. The van der Waals surface area contributed by atoms with Crippen molar-refractivity contribution < 1.29 is 0 Å². The van der Waals surface area contributed by atoms with Crippen molar-refractivity contribution in [2.75, 3.05) is 0 Å². The van der Waals surface area contributed by atoms with Crippen molar-refractivity contribution in [2.24, 2.45) is 0 Å². The van der Waals surface area contributed by atoms with Gasteiger partial charge >= 0.3 is 0 Å². The Morgan fingerprint density at radius 3 is 3.00 bits per heavy atom. The minimum Gasteiger partial charge on any atom is -0.361 e. The average Bonchev–Trinajstić information content (AvgIpc) is 2.46. The molecule has 1 nitrogen and oxygen atoms in total. The quantitative estimate of drug-likeness (QED) is 0.604. The smallest absolute Gasteiger partial charge is 0.0459 e. The molecule has 0 aliphatic carbocycles. The summed E-state index contributed by atoms with van der Waals surface area (Å²) >= 11 is 2.39. The van der Waals surface area contributed by atoms with E-state index in [4.69, 9.17) is 0 Å². The molecular weight excluding hydrogens is 261 g/mol. The van der Waals surface area contributed by atoms with Crippen molar-refractivity contribution >= 4 is 33.5 Å². The zero-order valence-corrected chi connectivity index (χ0v) is 9.05. The number of aromatic amines is 1. The minimum absolute atomic E-state index is 1.07. The molecule has 62 valence electrons. The van der Waals surface area contributed by atoms with Crippen LogP contribution in [0.15, 0.2) is 24.4 Å². The summed E-state index contributed by atoms with van der Waals surface area (Å²) < 4.78 is 1.07. The third kappa shape index (κ3) is 1.24. The van der Waals surface area contributed by atoms with E-state index < -0.39 is 0 Å². The third-order valence-corrected chi connectivity index (χ3v) is 2.89. The molecule has 2 aromatic rings. The number of rotatable bonds is 1. The topological polar surface area (TPSA) is 15.8 Å². The molecule has 0 radical (unpaired) electrons. The van der Waals surface area contributed by atoms with Gasteiger partial charge in [0.15, 0.2) is 0 Å². The monoisotopic (exact) mass is 271 g/mol. The first-order valence-corrected chi connectivity index (χ1v) is 5.46. The van der Waals surface area contributed by atoms with Gasteiger partial charge in [0.25, 0.3) is 0 Å². The highest BCUT2D eigenvalue weighted by molar-refractivity contribution is 14.1. The van der Waals surface area contributed by atoms with Crippen molar-refractivity contribution in [1.29, 1.82) is 0 Å². The van der Waals surface area contributed by atoms with E-state index in [0.717, 1.165) is 4.43 Å². The van der Waals surface area contributed by atoms with Gasteiger partial charge in [0.2, 0.25) is 0 Å². The molecule has 0 amide bonds. The van der Waals surface area contributed by atoms with Crippen molar-refractivity contribution in [3.05, 3.63) is 35.5 Å². The summed E-state index contributed by atoms with van der Waals surface area (Å²) in [6.07, 6.45) is 2.09. The van der Waals surface area contributed by atoms with Crippen molar-refractivity contribution in [3.63, 3.8) is 0 Å². The number of hydrogen-bond donors (Lipinski definition) is 1. The lowest BCUT2D eigenvalue weighted by molar-refractivity contribution is 1.41. The summed E-state index contributed by atoms with van der Waals surface area (Å²) in [5.74, 6) is 0. The van der Waals surface area contributed by atoms with E-state index in [9.17, 15) is 0 Å². The molecule has 1 N–H and O–H groups in total. The Balaban J connectivity index is 2.73. The number of nitrogens with one attached hydrogen (secondary N) is 1. The standard InChI is InChI=1S/C10H10IN/c1-7-2-3-9-8(5-11)6-12-10(9)4-7/h2-4,6,12H,5H2,1H3. The van der Waals surface area contributed by atoms with Gasteiger partial charge in [-0.3, -0.25) is 0 Å². The lowest BCUT2D eigenvalue weighted by atomic mass is 10.1. The normalized spacial score (nSPS) is 10.8. The highest BCUT2D eigenvalue weighted by atomic mass is 127. The van der Waals surface area contributed by atoms with Crippen molar-refractivity contribution in [3.8, 4) is 0 Å². The zero-order valence-electron chi connectivity index (χ0n) is 6.89. The SMILES string of the molecule is Cc1ccc2c(CI)c[nH]c2c1. The summed E-state index contributed by atoms with van der Waals surface area (Å²) in [5, 5.41) is 1.36. The van der Waals surface area contributed by atoms with E-state index in [1.807, 2.05) is 0 Å². The van der Waals surface area contributed by atoms with Gasteiger partial charge in [0.1, 0.15) is 0 Å². The Bertz CT molecular complexity index is 403. The van der Waals surface area contributed by atoms with Gasteiger partial charge < -0.3 is 4.98 Å². The molecule has 12 heavy (non-hydrogen) atoms. The summed E-state index contributed by atoms with van der Waals surface area (Å²) in [7, 11) is 0. The fourth-order valence-corrected chi connectivity index (χ4v) is 2.04. The molecule has 1 heterocycles. The van der Waals surface area contributed by atoms with E-state index in [0.29, 0.717) is 0 Å². The predicted octanol–water partition coefficient (Wildman–Crippen LogP) is 3.41. The zero-order chi connectivity index (χ0) is 8.55. The largest absolute Gasteiger partial charge is 0.361 e. The maximum atomic E-state index is 3.28. The number of fused-ring (bicyclic) bond motifs is 1. The molecule has 0 saturated carbocycles. The van der Waals surface area contributed by atoms with Crippen LogP contribution in [0.2, 0.25) is 0 Å². The molecule has 0 saturated heterocycles. The van der Waals surface area contributed by atoms with Crippen LogP contribution in [0.1, 0.15) is 11.1 Å². The second-order valence-corrected chi connectivity index (χ2v) is 3.76. The van der Waals surface area contributed by atoms with Gasteiger partial charge in [0.05, 0.1) is 0 Å². The highest BCUT2D eigenvalue weighted by Gasteiger charge is 2.00. The molecule has 0 aliphatic rings. The summed E-state index contributed by atoms with van der Waals surface area (Å²) in [6, 6.07) is 6.53.